The van der Waals surface area contributed by atoms with E-state index in [1.807, 2.05) is 13.8 Å². The maximum absolute atomic E-state index is 14.3. The van der Waals surface area contributed by atoms with Gasteiger partial charge in [-0.3, -0.25) is 4.79 Å². The number of fused-ring (bicyclic) bond motifs is 1. The van der Waals surface area contributed by atoms with E-state index >= 15 is 0 Å². The standard InChI is InChI=1S/C36H52FN5O6/c1-24-21-42(25(2)23-43)34(44)31-20-30(39-35(45)38-29-15-13-27(37)14-16-29)17-18-32(31)48-26(3)10-8-9-19-47-33(24)22-41(4)36(46)40-28-11-6-5-7-12-28/h13-18,20,24-26,28,33,43H,5-12,19,21-23H2,1-4H3,(H,40,46)(H2,38,39,45)/t24-,25+,26-,33+/m0/s1. The molecule has 1 heterocycles. The molecule has 0 aromatic heterocycles. The molecular weight excluding hydrogens is 617 g/mol. The molecule has 4 rings (SSSR count). The number of benzene rings is 2. The summed E-state index contributed by atoms with van der Waals surface area (Å²) in [6.07, 6.45) is 7.27. The molecule has 0 radical (unpaired) electrons. The number of hydrogen-bond acceptors (Lipinski definition) is 6. The summed E-state index contributed by atoms with van der Waals surface area (Å²) in [6.45, 7) is 6.55. The number of hydrogen-bond donors (Lipinski definition) is 4. The van der Waals surface area contributed by atoms with Crippen molar-refractivity contribution in [1.29, 1.82) is 0 Å². The van der Waals surface area contributed by atoms with E-state index in [2.05, 4.69) is 16.0 Å². The fraction of sp³-hybridized carbons (Fsp3) is 0.583. The van der Waals surface area contributed by atoms with Gasteiger partial charge in [0.25, 0.3) is 5.91 Å². The maximum Gasteiger partial charge on any atom is 0.323 e. The third kappa shape index (κ3) is 10.8. The van der Waals surface area contributed by atoms with Gasteiger partial charge in [0.05, 0.1) is 30.4 Å². The lowest BCUT2D eigenvalue weighted by atomic mass is 9.96. The summed E-state index contributed by atoms with van der Waals surface area (Å²) in [7, 11) is 1.77. The molecule has 264 valence electrons. The number of ether oxygens (including phenoxy) is 2. The molecule has 1 saturated carbocycles. The molecule has 1 fully saturated rings. The third-order valence-corrected chi connectivity index (χ3v) is 9.14. The summed E-state index contributed by atoms with van der Waals surface area (Å²) in [5, 5.41) is 18.8. The van der Waals surface area contributed by atoms with Crippen molar-refractivity contribution in [3.63, 3.8) is 0 Å². The number of carbonyl (C=O) groups is 3. The van der Waals surface area contributed by atoms with Crippen molar-refractivity contribution in [2.24, 2.45) is 5.92 Å². The first-order valence-corrected chi connectivity index (χ1v) is 17.2. The molecular formula is C36H52FN5O6. The molecule has 0 unspecified atom stereocenters. The molecule has 4 atom stereocenters. The van der Waals surface area contributed by atoms with Crippen molar-refractivity contribution in [2.45, 2.75) is 96.4 Å². The van der Waals surface area contributed by atoms with Gasteiger partial charge in [-0.05, 0) is 88.4 Å². The number of amides is 5. The minimum absolute atomic E-state index is 0.128. The normalized spacial score (nSPS) is 22.0. The van der Waals surface area contributed by atoms with Gasteiger partial charge in [0, 0.05) is 50.1 Å². The van der Waals surface area contributed by atoms with Gasteiger partial charge in [-0.15, -0.1) is 0 Å². The van der Waals surface area contributed by atoms with Crippen LogP contribution in [0.25, 0.3) is 0 Å². The summed E-state index contributed by atoms with van der Waals surface area (Å²) in [5.74, 6) is -0.598. The molecule has 0 bridgehead atoms. The molecule has 4 N–H and O–H groups in total. The maximum atomic E-state index is 14.3. The van der Waals surface area contributed by atoms with Crippen molar-refractivity contribution in [2.75, 3.05) is 44.0 Å². The van der Waals surface area contributed by atoms with Gasteiger partial charge >= 0.3 is 12.1 Å². The van der Waals surface area contributed by atoms with Crippen molar-refractivity contribution in [1.82, 2.24) is 15.1 Å². The molecule has 5 amide bonds. The molecule has 11 nitrogen and oxygen atoms in total. The zero-order chi connectivity index (χ0) is 34.6. The van der Waals surface area contributed by atoms with Crippen molar-refractivity contribution < 1.29 is 33.4 Å². The fourth-order valence-corrected chi connectivity index (χ4v) is 6.17. The Morgan fingerprint density at radius 3 is 2.38 bits per heavy atom. The van der Waals surface area contributed by atoms with Crippen LogP contribution in [0.1, 0.15) is 82.5 Å². The lowest BCUT2D eigenvalue weighted by Gasteiger charge is -2.36. The summed E-state index contributed by atoms with van der Waals surface area (Å²) >= 11 is 0. The predicted octanol–water partition coefficient (Wildman–Crippen LogP) is 6.24. The van der Waals surface area contributed by atoms with E-state index in [9.17, 15) is 23.9 Å². The van der Waals surface area contributed by atoms with Crippen LogP contribution in [0.2, 0.25) is 0 Å². The Morgan fingerprint density at radius 2 is 1.67 bits per heavy atom. The van der Waals surface area contributed by atoms with Crippen LogP contribution in [-0.2, 0) is 4.74 Å². The average Bonchev–Trinajstić information content (AvgIpc) is 3.07. The number of nitrogens with one attached hydrogen (secondary N) is 3. The van der Waals surface area contributed by atoms with E-state index < -0.39 is 17.9 Å². The van der Waals surface area contributed by atoms with E-state index in [4.69, 9.17) is 9.47 Å². The van der Waals surface area contributed by atoms with E-state index in [1.54, 1.807) is 42.0 Å². The highest BCUT2D eigenvalue weighted by atomic mass is 19.1. The van der Waals surface area contributed by atoms with Crippen LogP contribution in [0.3, 0.4) is 0 Å². The molecule has 1 aliphatic carbocycles. The first kappa shape index (κ1) is 36.9. The second-order valence-corrected chi connectivity index (χ2v) is 13.3. The number of aliphatic hydroxyl groups excluding tert-OH is 1. The predicted molar refractivity (Wildman–Crippen MR) is 184 cm³/mol. The number of anilines is 2. The van der Waals surface area contributed by atoms with E-state index in [0.29, 0.717) is 30.3 Å². The highest BCUT2D eigenvalue weighted by Gasteiger charge is 2.31. The highest BCUT2D eigenvalue weighted by molar-refractivity contribution is 6.02. The summed E-state index contributed by atoms with van der Waals surface area (Å²) in [4.78, 5) is 43.5. The van der Waals surface area contributed by atoms with Gasteiger partial charge in [-0.25, -0.2) is 14.0 Å². The number of nitrogens with zero attached hydrogens (tertiary/aromatic N) is 2. The lowest BCUT2D eigenvalue weighted by molar-refractivity contribution is -0.0123. The summed E-state index contributed by atoms with van der Waals surface area (Å²) in [6, 6.07) is 9.25. The van der Waals surface area contributed by atoms with Crippen LogP contribution < -0.4 is 20.7 Å². The SMILES string of the molecule is C[C@H](CO)N1C[C@H](C)[C@@H](CN(C)C(=O)NC2CCCCC2)OCCCC[C@H](C)Oc2ccc(NC(=O)Nc3ccc(F)cc3)cc2C1=O. The second-order valence-electron chi connectivity index (χ2n) is 13.3. The molecule has 48 heavy (non-hydrogen) atoms. The van der Waals surface area contributed by atoms with Crippen LogP contribution in [0, 0.1) is 11.7 Å². The average molecular weight is 670 g/mol. The first-order valence-electron chi connectivity index (χ1n) is 17.2. The summed E-state index contributed by atoms with van der Waals surface area (Å²) in [5.41, 5.74) is 1.01. The number of likely N-dealkylation sites (N-methyl/N-ethyl adjacent to an activating group) is 1. The Morgan fingerprint density at radius 1 is 1.00 bits per heavy atom. The molecule has 0 spiro atoms. The molecule has 0 saturated heterocycles. The minimum Gasteiger partial charge on any atom is -0.490 e. The van der Waals surface area contributed by atoms with Crippen molar-refractivity contribution in [3.05, 3.63) is 53.8 Å². The van der Waals surface area contributed by atoms with Gasteiger partial charge in [-0.1, -0.05) is 26.2 Å². The largest absolute Gasteiger partial charge is 0.490 e. The van der Waals surface area contributed by atoms with E-state index in [-0.39, 0.29) is 54.8 Å². The first-order chi connectivity index (χ1) is 23.0. The van der Waals surface area contributed by atoms with E-state index in [1.165, 1.54) is 30.7 Å². The van der Waals surface area contributed by atoms with Gasteiger partial charge in [-0.2, -0.15) is 0 Å². The number of aliphatic hydroxyl groups is 1. The number of rotatable bonds is 7. The molecule has 1 aliphatic heterocycles. The van der Waals surface area contributed by atoms with Gasteiger partial charge in [0.1, 0.15) is 11.6 Å². The number of halogens is 1. The number of urea groups is 2. The topological polar surface area (TPSA) is 132 Å². The van der Waals surface area contributed by atoms with Crippen molar-refractivity contribution in [3.8, 4) is 5.75 Å². The Bertz CT molecular complexity index is 1350. The van der Waals surface area contributed by atoms with Gasteiger partial charge < -0.3 is 40.3 Å². The molecule has 2 aliphatic rings. The zero-order valence-corrected chi connectivity index (χ0v) is 28.7. The summed E-state index contributed by atoms with van der Waals surface area (Å²) < 4.78 is 26.0. The van der Waals surface area contributed by atoms with Crippen LogP contribution in [0.15, 0.2) is 42.5 Å². The molecule has 12 heteroatoms. The lowest BCUT2D eigenvalue weighted by Crippen LogP contribution is -2.50. The third-order valence-electron chi connectivity index (χ3n) is 9.14. The Hall–Kier alpha value is -3.90. The molecule has 2 aromatic rings. The zero-order valence-electron chi connectivity index (χ0n) is 28.7. The van der Waals surface area contributed by atoms with Crippen LogP contribution >= 0.6 is 0 Å². The Labute approximate surface area is 283 Å². The van der Waals surface area contributed by atoms with Crippen LogP contribution in [0.5, 0.6) is 5.75 Å². The Kier molecular flexibility index (Phi) is 13.9. The fourth-order valence-electron chi connectivity index (χ4n) is 6.17. The number of carbonyl (C=O) groups excluding carboxylic acids is 3. The minimum atomic E-state index is -0.560. The highest BCUT2D eigenvalue weighted by Crippen LogP contribution is 2.29. The van der Waals surface area contributed by atoms with Crippen LogP contribution in [-0.4, -0.2) is 90.5 Å². The monoisotopic (exact) mass is 669 g/mol. The van der Waals surface area contributed by atoms with E-state index in [0.717, 1.165) is 44.9 Å². The van der Waals surface area contributed by atoms with Crippen LogP contribution in [0.4, 0.5) is 25.4 Å². The van der Waals surface area contributed by atoms with Gasteiger partial charge in [0.15, 0.2) is 0 Å². The smallest absolute Gasteiger partial charge is 0.323 e. The quantitative estimate of drug-likeness (QED) is 0.276. The van der Waals surface area contributed by atoms with Crippen molar-refractivity contribution >= 4 is 29.3 Å². The Balaban J connectivity index is 1.55. The molecule has 2 aromatic carbocycles. The second kappa shape index (κ2) is 18.0. The van der Waals surface area contributed by atoms with Gasteiger partial charge in [0.2, 0.25) is 0 Å².